The first-order valence-electron chi connectivity index (χ1n) is 8.51. The summed E-state index contributed by atoms with van der Waals surface area (Å²) in [4.78, 5) is 4.05. The van der Waals surface area contributed by atoms with Gasteiger partial charge in [-0.1, -0.05) is 32.4 Å². The van der Waals surface area contributed by atoms with Crippen molar-refractivity contribution in [1.29, 1.82) is 0 Å². The molecule has 2 aromatic rings. The Kier molecular flexibility index (Phi) is 6.46. The van der Waals surface area contributed by atoms with E-state index in [1.165, 1.54) is 6.20 Å². The molecule has 0 aliphatic carbocycles. The zero-order valence-electron chi connectivity index (χ0n) is 16.2. The lowest BCUT2D eigenvalue weighted by molar-refractivity contribution is 0.109. The van der Waals surface area contributed by atoms with Gasteiger partial charge < -0.3 is 9.12 Å². The number of aromatic nitrogens is 2. The molecule has 0 spiro atoms. The van der Waals surface area contributed by atoms with Crippen LogP contribution in [0, 0.1) is 11.2 Å². The van der Waals surface area contributed by atoms with Crippen molar-refractivity contribution in [3.63, 3.8) is 0 Å². The van der Waals surface area contributed by atoms with E-state index in [9.17, 15) is 17.7 Å². The molecule has 0 aromatic carbocycles. The number of alkyl halides is 2. The van der Waals surface area contributed by atoms with Gasteiger partial charge in [0, 0.05) is 35.1 Å². The smallest absolute Gasteiger partial charge is 0.262 e. The average Bonchev–Trinajstić information content (AvgIpc) is 2.79. The molecule has 0 aliphatic rings. The topological polar surface area (TPSA) is 52.9 Å². The van der Waals surface area contributed by atoms with Gasteiger partial charge in [-0.25, -0.2) is 18.2 Å². The second-order valence-electron chi connectivity index (χ2n) is 8.72. The molecule has 0 radical (unpaired) electrons. The Bertz CT molecular complexity index is 815. The summed E-state index contributed by atoms with van der Waals surface area (Å²) in [7, 11) is 0. The van der Waals surface area contributed by atoms with Crippen molar-refractivity contribution in [2.24, 2.45) is 5.41 Å². The second kappa shape index (κ2) is 7.81. The highest BCUT2D eigenvalue weighted by molar-refractivity contribution is 7.90. The largest absolute Gasteiger partial charge is 0.598 e. The lowest BCUT2D eigenvalue weighted by atomic mass is 9.97. The Hall–Kier alpha value is -0.960. The van der Waals surface area contributed by atoms with Crippen LogP contribution in [0.5, 0.6) is 0 Å². The SMILES string of the molecule is CC(C)(C)Cn1cc(C(N[S+]([O-])C(C)(C)C)C(F)F)c2cc(F)c(Cl)nc21. The van der Waals surface area contributed by atoms with Gasteiger partial charge in [-0.15, -0.1) is 4.72 Å². The Labute approximate surface area is 165 Å². The molecule has 2 unspecified atom stereocenters. The van der Waals surface area contributed by atoms with Gasteiger partial charge in [0.15, 0.2) is 11.0 Å². The summed E-state index contributed by atoms with van der Waals surface area (Å²) in [5.74, 6) is -0.788. The predicted molar refractivity (Wildman–Crippen MR) is 104 cm³/mol. The van der Waals surface area contributed by atoms with Crippen LogP contribution in [0.15, 0.2) is 12.3 Å². The molecular formula is C18H25ClF3N3OS. The normalized spacial score (nSPS) is 15.6. The number of nitrogens with zero attached hydrogens (tertiary/aromatic N) is 2. The third-order valence-corrected chi connectivity index (χ3v) is 5.66. The van der Waals surface area contributed by atoms with Crippen LogP contribution < -0.4 is 4.72 Å². The average molecular weight is 424 g/mol. The maximum atomic E-state index is 14.0. The minimum absolute atomic E-state index is 0.143. The number of hydrogen-bond acceptors (Lipinski definition) is 3. The Morgan fingerprint density at radius 3 is 2.33 bits per heavy atom. The Balaban J connectivity index is 2.62. The molecule has 0 fully saturated rings. The van der Waals surface area contributed by atoms with Crippen molar-refractivity contribution in [3.05, 3.63) is 28.8 Å². The molecule has 152 valence electrons. The fourth-order valence-corrected chi connectivity index (χ4v) is 3.56. The van der Waals surface area contributed by atoms with Gasteiger partial charge >= 0.3 is 0 Å². The van der Waals surface area contributed by atoms with Crippen molar-refractivity contribution < 1.29 is 17.7 Å². The van der Waals surface area contributed by atoms with Gasteiger partial charge in [0.2, 0.25) is 0 Å². The highest BCUT2D eigenvalue weighted by Crippen LogP contribution is 2.34. The van der Waals surface area contributed by atoms with Crippen LogP contribution in [-0.4, -0.2) is 25.3 Å². The summed E-state index contributed by atoms with van der Waals surface area (Å²) < 4.78 is 57.6. The van der Waals surface area contributed by atoms with E-state index in [0.717, 1.165) is 6.07 Å². The zero-order chi connectivity index (χ0) is 20.7. The lowest BCUT2D eigenvalue weighted by Gasteiger charge is -2.27. The summed E-state index contributed by atoms with van der Waals surface area (Å²) >= 11 is 4.08. The maximum Gasteiger partial charge on any atom is 0.262 e. The molecular weight excluding hydrogens is 399 g/mol. The van der Waals surface area contributed by atoms with Crippen molar-refractivity contribution in [2.75, 3.05) is 0 Å². The summed E-state index contributed by atoms with van der Waals surface area (Å²) in [5.41, 5.74) is 0.290. The molecule has 0 saturated carbocycles. The first-order chi connectivity index (χ1) is 12.2. The maximum absolute atomic E-state index is 14.0. The molecule has 9 heteroatoms. The minimum atomic E-state index is -2.84. The third-order valence-electron chi connectivity index (χ3n) is 3.81. The van der Waals surface area contributed by atoms with Gasteiger partial charge in [0.05, 0.1) is 0 Å². The highest BCUT2D eigenvalue weighted by atomic mass is 35.5. The van der Waals surface area contributed by atoms with Crippen molar-refractivity contribution in [2.45, 2.75) is 65.3 Å². The molecule has 0 amide bonds. The van der Waals surface area contributed by atoms with Crippen LogP contribution in [0.1, 0.15) is 53.1 Å². The molecule has 1 N–H and O–H groups in total. The minimum Gasteiger partial charge on any atom is -0.598 e. The van der Waals surface area contributed by atoms with Gasteiger partial charge in [-0.3, -0.25) is 0 Å². The van der Waals surface area contributed by atoms with E-state index >= 15 is 0 Å². The van der Waals surface area contributed by atoms with Crippen molar-refractivity contribution in [3.8, 4) is 0 Å². The molecule has 0 aliphatic heterocycles. The number of nitrogens with one attached hydrogen (secondary N) is 1. The van der Waals surface area contributed by atoms with Crippen LogP contribution in [0.2, 0.25) is 5.15 Å². The summed E-state index contributed by atoms with van der Waals surface area (Å²) in [6.07, 6.45) is -1.33. The van der Waals surface area contributed by atoms with Gasteiger partial charge in [-0.2, -0.15) is 0 Å². The van der Waals surface area contributed by atoms with E-state index < -0.39 is 34.4 Å². The van der Waals surface area contributed by atoms with E-state index in [0.29, 0.717) is 12.2 Å². The van der Waals surface area contributed by atoms with Gasteiger partial charge in [0.1, 0.15) is 16.4 Å². The van der Waals surface area contributed by atoms with E-state index in [1.54, 1.807) is 25.3 Å². The zero-order valence-corrected chi connectivity index (χ0v) is 17.8. The first kappa shape index (κ1) is 22.3. The van der Waals surface area contributed by atoms with E-state index in [2.05, 4.69) is 9.71 Å². The standard InChI is InChI=1S/C18H25ClF3N3OS/c1-17(2,3)9-25-8-11(10-7-12(20)14(19)23-16(10)25)13(15(21)22)24-27(26)18(4,5)6/h7-8,13,15,24H,9H2,1-6H3. The summed E-state index contributed by atoms with van der Waals surface area (Å²) in [5, 5.41) is -0.0907. The van der Waals surface area contributed by atoms with Crippen molar-refractivity contribution in [1.82, 2.24) is 14.3 Å². The Morgan fingerprint density at radius 1 is 1.26 bits per heavy atom. The van der Waals surface area contributed by atoms with Crippen LogP contribution in [0.3, 0.4) is 0 Å². The number of pyridine rings is 1. The molecule has 2 heterocycles. The predicted octanol–water partition coefficient (Wildman–Crippen LogP) is 5.23. The number of fused-ring (bicyclic) bond motifs is 1. The Morgan fingerprint density at radius 2 is 1.85 bits per heavy atom. The van der Waals surface area contributed by atoms with E-state index in [1.807, 2.05) is 20.8 Å². The number of hydrogen-bond donors (Lipinski definition) is 1. The van der Waals surface area contributed by atoms with E-state index in [4.69, 9.17) is 11.6 Å². The fourth-order valence-electron chi connectivity index (χ4n) is 2.61. The van der Waals surface area contributed by atoms with Gasteiger partial charge in [-0.05, 0) is 32.3 Å². The third kappa shape index (κ3) is 5.31. The molecule has 2 rings (SSSR count). The summed E-state index contributed by atoms with van der Waals surface area (Å²) in [6, 6.07) is -0.424. The molecule has 2 atom stereocenters. The second-order valence-corrected chi connectivity index (χ2v) is 11.1. The number of rotatable bonds is 5. The fraction of sp³-hybridized carbons (Fsp3) is 0.611. The molecule has 2 aromatic heterocycles. The van der Waals surface area contributed by atoms with Gasteiger partial charge in [0.25, 0.3) is 6.43 Å². The van der Waals surface area contributed by atoms with Crippen LogP contribution in [0.4, 0.5) is 13.2 Å². The van der Waals surface area contributed by atoms with Crippen LogP contribution in [0.25, 0.3) is 11.0 Å². The van der Waals surface area contributed by atoms with Crippen molar-refractivity contribution >= 4 is 34.0 Å². The number of halogens is 4. The highest BCUT2D eigenvalue weighted by Gasteiger charge is 2.36. The summed E-state index contributed by atoms with van der Waals surface area (Å²) in [6.45, 7) is 11.5. The molecule has 27 heavy (non-hydrogen) atoms. The molecule has 0 saturated heterocycles. The molecule has 0 bridgehead atoms. The van der Waals surface area contributed by atoms with Crippen LogP contribution >= 0.6 is 11.6 Å². The quantitative estimate of drug-likeness (QED) is 0.529. The van der Waals surface area contributed by atoms with E-state index in [-0.39, 0.29) is 21.5 Å². The monoisotopic (exact) mass is 423 g/mol. The van der Waals surface area contributed by atoms with Crippen LogP contribution in [-0.2, 0) is 17.9 Å². The molecule has 4 nitrogen and oxygen atoms in total. The lowest BCUT2D eigenvalue weighted by Crippen LogP contribution is -2.43. The first-order valence-corrected chi connectivity index (χ1v) is 10.0.